The Balaban J connectivity index is 1.27. The number of carbonyl (C=O) groups is 1. The number of hydrogen-bond acceptors (Lipinski definition) is 5. The average molecular weight is 457 g/mol. The first-order chi connectivity index (χ1) is 15.5. The van der Waals surface area contributed by atoms with Crippen molar-refractivity contribution >= 4 is 39.9 Å². The third-order valence-corrected chi connectivity index (χ3v) is 8.00. The van der Waals surface area contributed by atoms with Crippen LogP contribution in [0, 0.1) is 23.2 Å². The van der Waals surface area contributed by atoms with E-state index in [2.05, 4.69) is 20.9 Å². The van der Waals surface area contributed by atoms with Gasteiger partial charge in [0, 0.05) is 31.4 Å². The summed E-state index contributed by atoms with van der Waals surface area (Å²) < 4.78 is 0. The highest BCUT2D eigenvalue weighted by molar-refractivity contribution is 6.35. The highest BCUT2D eigenvalue weighted by atomic mass is 35.5. The topological polar surface area (TPSA) is 86.3 Å². The summed E-state index contributed by atoms with van der Waals surface area (Å²) in [5.41, 5.74) is 1.67. The van der Waals surface area contributed by atoms with E-state index in [0.717, 1.165) is 41.0 Å². The first-order valence-electron chi connectivity index (χ1n) is 12.0. The number of aliphatic hydroxyl groups is 1. The number of carbonyl (C=O) groups excluding carboxylic acids is 1. The number of benzene rings is 1. The average Bonchev–Trinajstić information content (AvgIpc) is 2.74. The third kappa shape index (κ3) is 4.59. The lowest BCUT2D eigenvalue weighted by molar-refractivity contribution is -0.124. The van der Waals surface area contributed by atoms with Gasteiger partial charge in [0.1, 0.15) is 5.82 Å². The zero-order valence-corrected chi connectivity index (χ0v) is 19.3. The van der Waals surface area contributed by atoms with Crippen molar-refractivity contribution in [3.8, 4) is 0 Å². The van der Waals surface area contributed by atoms with Crippen LogP contribution in [0.4, 0.5) is 11.5 Å². The molecule has 172 valence electrons. The molecule has 1 amide bonds. The van der Waals surface area contributed by atoms with Crippen molar-refractivity contribution < 1.29 is 9.90 Å². The van der Waals surface area contributed by atoms with Crippen LogP contribution in [-0.2, 0) is 4.79 Å². The van der Waals surface area contributed by atoms with Gasteiger partial charge in [-0.05, 0) is 86.0 Å². The summed E-state index contributed by atoms with van der Waals surface area (Å²) in [5, 5.41) is 19.8. The number of anilines is 2. The third-order valence-electron chi connectivity index (χ3n) is 7.68. The second-order valence-corrected chi connectivity index (χ2v) is 10.6. The number of fused-ring (bicyclic) bond motifs is 1. The van der Waals surface area contributed by atoms with Gasteiger partial charge in [0.05, 0.1) is 22.8 Å². The SMILES string of the molecule is O=C(CC12CC3CC(CC(C3)C1)C2)Nc1c(Cl)ccc2nc(NCCNCCO)ccc12. The number of halogens is 1. The summed E-state index contributed by atoms with van der Waals surface area (Å²) in [4.78, 5) is 17.8. The summed E-state index contributed by atoms with van der Waals surface area (Å²) in [6.07, 6.45) is 8.43. The van der Waals surface area contributed by atoms with Crippen molar-refractivity contribution in [2.75, 3.05) is 36.9 Å². The molecular formula is C25H33ClN4O2. The zero-order chi connectivity index (χ0) is 22.1. The van der Waals surface area contributed by atoms with Gasteiger partial charge in [-0.2, -0.15) is 0 Å². The van der Waals surface area contributed by atoms with E-state index in [4.69, 9.17) is 16.7 Å². The number of nitrogens with zero attached hydrogens (tertiary/aromatic N) is 1. The van der Waals surface area contributed by atoms with Crippen LogP contribution in [0.15, 0.2) is 24.3 Å². The van der Waals surface area contributed by atoms with E-state index in [1.165, 1.54) is 38.5 Å². The fourth-order valence-electron chi connectivity index (χ4n) is 6.92. The van der Waals surface area contributed by atoms with Crippen LogP contribution < -0.4 is 16.0 Å². The van der Waals surface area contributed by atoms with Gasteiger partial charge in [-0.25, -0.2) is 4.98 Å². The first-order valence-corrected chi connectivity index (χ1v) is 12.4. The second-order valence-electron chi connectivity index (χ2n) is 10.2. The molecule has 0 radical (unpaired) electrons. The fourth-order valence-corrected chi connectivity index (χ4v) is 7.13. The highest BCUT2D eigenvalue weighted by Gasteiger charge is 2.51. The molecule has 0 spiro atoms. The molecule has 1 heterocycles. The Morgan fingerprint density at radius 2 is 1.75 bits per heavy atom. The number of aromatic nitrogens is 1. The van der Waals surface area contributed by atoms with Crippen LogP contribution in [0.5, 0.6) is 0 Å². The van der Waals surface area contributed by atoms with Crippen LogP contribution in [0.25, 0.3) is 10.9 Å². The molecule has 2 aromatic rings. The van der Waals surface area contributed by atoms with E-state index >= 15 is 0 Å². The molecule has 4 fully saturated rings. The van der Waals surface area contributed by atoms with E-state index < -0.39 is 0 Å². The molecule has 4 saturated carbocycles. The smallest absolute Gasteiger partial charge is 0.224 e. The standard InChI is InChI=1S/C25H33ClN4O2/c26-20-2-3-21-19(1-4-22(29-21)28-6-5-27-7-8-31)24(20)30-23(32)15-25-12-16-9-17(13-25)11-18(10-16)14-25/h1-4,16-18,27,31H,5-15H2,(H,28,29)(H,30,32). The van der Waals surface area contributed by atoms with Crippen LogP contribution in [-0.4, -0.2) is 42.2 Å². The Morgan fingerprint density at radius 3 is 2.44 bits per heavy atom. The second kappa shape index (κ2) is 9.16. The van der Waals surface area contributed by atoms with Crippen molar-refractivity contribution in [2.45, 2.75) is 44.9 Å². The number of amides is 1. The summed E-state index contributed by atoms with van der Waals surface area (Å²) in [6.45, 7) is 2.16. The van der Waals surface area contributed by atoms with E-state index in [1.807, 2.05) is 24.3 Å². The molecule has 4 N–H and O–H groups in total. The van der Waals surface area contributed by atoms with Gasteiger partial charge in [0.2, 0.25) is 5.91 Å². The van der Waals surface area contributed by atoms with Gasteiger partial charge in [-0.15, -0.1) is 0 Å². The molecule has 1 aromatic carbocycles. The van der Waals surface area contributed by atoms with E-state index in [9.17, 15) is 4.79 Å². The Morgan fingerprint density at radius 1 is 1.03 bits per heavy atom. The van der Waals surface area contributed by atoms with Gasteiger partial charge in [0.25, 0.3) is 0 Å². The molecule has 6 rings (SSSR count). The number of nitrogens with one attached hydrogen (secondary N) is 3. The van der Waals surface area contributed by atoms with Gasteiger partial charge >= 0.3 is 0 Å². The maximum absolute atomic E-state index is 13.2. The van der Waals surface area contributed by atoms with Crippen molar-refractivity contribution in [3.05, 3.63) is 29.3 Å². The molecule has 0 aliphatic heterocycles. The molecule has 0 atom stereocenters. The molecule has 1 aromatic heterocycles. The van der Waals surface area contributed by atoms with E-state index in [0.29, 0.717) is 30.2 Å². The minimum Gasteiger partial charge on any atom is -0.395 e. The predicted molar refractivity (Wildman–Crippen MR) is 129 cm³/mol. The van der Waals surface area contributed by atoms with Gasteiger partial charge < -0.3 is 21.1 Å². The van der Waals surface area contributed by atoms with Crippen LogP contribution >= 0.6 is 11.6 Å². The molecule has 0 unspecified atom stereocenters. The molecule has 4 aliphatic carbocycles. The van der Waals surface area contributed by atoms with Crippen molar-refractivity contribution in [3.63, 3.8) is 0 Å². The summed E-state index contributed by atoms with van der Waals surface area (Å²) in [7, 11) is 0. The van der Waals surface area contributed by atoms with Crippen molar-refractivity contribution in [1.29, 1.82) is 0 Å². The Kier molecular flexibility index (Phi) is 6.28. The van der Waals surface area contributed by atoms with Crippen LogP contribution in [0.1, 0.15) is 44.9 Å². The molecule has 4 aliphatic rings. The fraction of sp³-hybridized carbons (Fsp3) is 0.600. The van der Waals surface area contributed by atoms with Crippen LogP contribution in [0.2, 0.25) is 5.02 Å². The Hall–Kier alpha value is -1.89. The van der Waals surface area contributed by atoms with Gasteiger partial charge in [0.15, 0.2) is 0 Å². The van der Waals surface area contributed by atoms with Gasteiger partial charge in [-0.1, -0.05) is 11.6 Å². The largest absolute Gasteiger partial charge is 0.395 e. The van der Waals surface area contributed by atoms with Crippen molar-refractivity contribution in [2.24, 2.45) is 23.2 Å². The summed E-state index contributed by atoms with van der Waals surface area (Å²) in [6, 6.07) is 7.59. The first kappa shape index (κ1) is 21.9. The number of aliphatic hydroxyl groups excluding tert-OH is 1. The summed E-state index contributed by atoms with van der Waals surface area (Å²) in [5.74, 6) is 3.37. The molecule has 7 heteroatoms. The summed E-state index contributed by atoms with van der Waals surface area (Å²) >= 11 is 6.51. The monoisotopic (exact) mass is 456 g/mol. The van der Waals surface area contributed by atoms with Crippen molar-refractivity contribution in [1.82, 2.24) is 10.3 Å². The number of pyridine rings is 1. The Labute approximate surface area is 194 Å². The molecule has 4 bridgehead atoms. The molecule has 0 saturated heterocycles. The molecule has 32 heavy (non-hydrogen) atoms. The van der Waals surface area contributed by atoms with Crippen LogP contribution in [0.3, 0.4) is 0 Å². The lowest BCUT2D eigenvalue weighted by Crippen LogP contribution is -2.47. The normalized spacial score (nSPS) is 28.2. The maximum atomic E-state index is 13.2. The lowest BCUT2D eigenvalue weighted by atomic mass is 9.49. The Bertz CT molecular complexity index is 960. The minimum atomic E-state index is 0.0820. The highest BCUT2D eigenvalue weighted by Crippen LogP contribution is 2.61. The minimum absolute atomic E-state index is 0.0820. The lowest BCUT2D eigenvalue weighted by Gasteiger charge is -2.56. The number of hydrogen-bond donors (Lipinski definition) is 4. The zero-order valence-electron chi connectivity index (χ0n) is 18.5. The quantitative estimate of drug-likeness (QED) is 0.419. The molecular weight excluding hydrogens is 424 g/mol. The number of rotatable bonds is 9. The van der Waals surface area contributed by atoms with Gasteiger partial charge in [-0.3, -0.25) is 4.79 Å². The van der Waals surface area contributed by atoms with E-state index in [1.54, 1.807) is 0 Å². The molecule has 6 nitrogen and oxygen atoms in total. The maximum Gasteiger partial charge on any atom is 0.224 e. The van der Waals surface area contributed by atoms with E-state index in [-0.39, 0.29) is 17.9 Å². The predicted octanol–water partition coefficient (Wildman–Crippen LogP) is 4.43.